The summed E-state index contributed by atoms with van der Waals surface area (Å²) in [6.45, 7) is 4.00. The summed E-state index contributed by atoms with van der Waals surface area (Å²) in [6, 6.07) is 5.01. The second-order valence-corrected chi connectivity index (χ2v) is 5.33. The number of aromatic nitrogens is 1. The third-order valence-electron chi connectivity index (χ3n) is 3.07. The summed E-state index contributed by atoms with van der Waals surface area (Å²) in [5, 5.41) is 3.83. The Morgan fingerprint density at radius 3 is 2.79 bits per heavy atom. The quantitative estimate of drug-likeness (QED) is 0.930. The standard InChI is InChI=1S/C14H17FN2OS/c1-8(16-3)13-9(2)17-14(19-13)12-10(15)6-5-7-11(12)18-4/h5-8,16H,1-4H3. The molecule has 102 valence electrons. The number of rotatable bonds is 4. The van der Waals surface area contributed by atoms with Crippen molar-refractivity contribution < 1.29 is 9.13 Å². The van der Waals surface area contributed by atoms with E-state index >= 15 is 0 Å². The van der Waals surface area contributed by atoms with Gasteiger partial charge in [0, 0.05) is 10.9 Å². The summed E-state index contributed by atoms with van der Waals surface area (Å²) in [7, 11) is 3.43. The molecular formula is C14H17FN2OS. The van der Waals surface area contributed by atoms with E-state index in [0.29, 0.717) is 16.3 Å². The number of nitrogens with zero attached hydrogens (tertiary/aromatic N) is 1. The van der Waals surface area contributed by atoms with Gasteiger partial charge in [0.05, 0.1) is 18.4 Å². The highest BCUT2D eigenvalue weighted by Crippen LogP contribution is 2.37. The molecule has 1 atom stereocenters. The van der Waals surface area contributed by atoms with E-state index < -0.39 is 0 Å². The van der Waals surface area contributed by atoms with Gasteiger partial charge in [-0.2, -0.15) is 0 Å². The van der Waals surface area contributed by atoms with E-state index in [4.69, 9.17) is 4.74 Å². The average Bonchev–Trinajstić information content (AvgIpc) is 2.79. The molecule has 5 heteroatoms. The average molecular weight is 280 g/mol. The molecule has 1 heterocycles. The van der Waals surface area contributed by atoms with E-state index in [-0.39, 0.29) is 11.9 Å². The van der Waals surface area contributed by atoms with Crippen molar-refractivity contribution in [2.75, 3.05) is 14.2 Å². The normalized spacial score (nSPS) is 12.5. The molecule has 1 unspecified atom stereocenters. The van der Waals surface area contributed by atoms with Crippen LogP contribution in [0.5, 0.6) is 5.75 Å². The number of hydrogen-bond donors (Lipinski definition) is 1. The monoisotopic (exact) mass is 280 g/mol. The number of ether oxygens (including phenoxy) is 1. The molecule has 2 rings (SSSR count). The Balaban J connectivity index is 2.54. The third-order valence-corrected chi connectivity index (χ3v) is 4.43. The van der Waals surface area contributed by atoms with Crippen molar-refractivity contribution in [3.8, 4) is 16.3 Å². The van der Waals surface area contributed by atoms with Gasteiger partial charge in [0.2, 0.25) is 0 Å². The van der Waals surface area contributed by atoms with E-state index in [0.717, 1.165) is 10.6 Å². The first-order chi connectivity index (χ1) is 9.08. The first-order valence-electron chi connectivity index (χ1n) is 6.06. The Morgan fingerprint density at radius 1 is 1.42 bits per heavy atom. The zero-order chi connectivity index (χ0) is 14.0. The van der Waals surface area contributed by atoms with Crippen LogP contribution in [0.3, 0.4) is 0 Å². The van der Waals surface area contributed by atoms with Crippen LogP contribution >= 0.6 is 11.3 Å². The van der Waals surface area contributed by atoms with Crippen LogP contribution in [-0.4, -0.2) is 19.1 Å². The highest BCUT2D eigenvalue weighted by molar-refractivity contribution is 7.15. The Morgan fingerprint density at radius 2 is 2.16 bits per heavy atom. The van der Waals surface area contributed by atoms with Crippen molar-refractivity contribution in [2.45, 2.75) is 19.9 Å². The molecule has 0 aliphatic rings. The highest BCUT2D eigenvalue weighted by atomic mass is 32.1. The molecule has 0 fully saturated rings. The minimum atomic E-state index is -0.309. The second-order valence-electron chi connectivity index (χ2n) is 4.30. The molecule has 1 aromatic heterocycles. The molecule has 0 aliphatic heterocycles. The van der Waals surface area contributed by atoms with Crippen LogP contribution in [-0.2, 0) is 0 Å². The van der Waals surface area contributed by atoms with Gasteiger partial charge in [-0.05, 0) is 33.0 Å². The number of aryl methyl sites for hydroxylation is 1. The topological polar surface area (TPSA) is 34.1 Å². The number of methoxy groups -OCH3 is 1. The van der Waals surface area contributed by atoms with Crippen LogP contribution in [0, 0.1) is 12.7 Å². The fourth-order valence-corrected chi connectivity index (χ4v) is 3.11. The summed E-state index contributed by atoms with van der Waals surface area (Å²) >= 11 is 1.50. The second kappa shape index (κ2) is 5.67. The van der Waals surface area contributed by atoms with Gasteiger partial charge in [0.15, 0.2) is 0 Å². The van der Waals surface area contributed by atoms with Gasteiger partial charge < -0.3 is 10.1 Å². The molecule has 0 bridgehead atoms. The molecule has 2 aromatic rings. The number of hydrogen-bond acceptors (Lipinski definition) is 4. The van der Waals surface area contributed by atoms with Crippen LogP contribution in [0.15, 0.2) is 18.2 Å². The van der Waals surface area contributed by atoms with E-state index in [1.165, 1.54) is 24.5 Å². The third kappa shape index (κ3) is 2.62. The molecule has 0 radical (unpaired) electrons. The van der Waals surface area contributed by atoms with Gasteiger partial charge in [-0.3, -0.25) is 0 Å². The zero-order valence-corrected chi connectivity index (χ0v) is 12.3. The van der Waals surface area contributed by atoms with Crippen LogP contribution in [0.4, 0.5) is 4.39 Å². The minimum absolute atomic E-state index is 0.198. The van der Waals surface area contributed by atoms with Gasteiger partial charge in [0.25, 0.3) is 0 Å². The first kappa shape index (κ1) is 14.0. The van der Waals surface area contributed by atoms with E-state index in [2.05, 4.69) is 17.2 Å². The summed E-state index contributed by atoms with van der Waals surface area (Å²) in [4.78, 5) is 5.59. The van der Waals surface area contributed by atoms with Crippen molar-refractivity contribution in [3.05, 3.63) is 34.6 Å². The smallest absolute Gasteiger partial charge is 0.137 e. The van der Waals surface area contributed by atoms with Gasteiger partial charge in [0.1, 0.15) is 16.6 Å². The zero-order valence-electron chi connectivity index (χ0n) is 11.5. The lowest BCUT2D eigenvalue weighted by atomic mass is 10.2. The maximum atomic E-state index is 14.0. The maximum Gasteiger partial charge on any atom is 0.137 e. The Labute approximate surface area is 116 Å². The fourth-order valence-electron chi connectivity index (χ4n) is 1.93. The fraction of sp³-hybridized carbons (Fsp3) is 0.357. The molecule has 19 heavy (non-hydrogen) atoms. The van der Waals surface area contributed by atoms with E-state index in [1.807, 2.05) is 14.0 Å². The van der Waals surface area contributed by atoms with Gasteiger partial charge in [-0.25, -0.2) is 9.37 Å². The molecule has 0 amide bonds. The van der Waals surface area contributed by atoms with Gasteiger partial charge in [-0.1, -0.05) is 6.07 Å². The SMILES string of the molecule is CNC(C)c1sc(-c2c(F)cccc2OC)nc1C. The van der Waals surface area contributed by atoms with Crippen LogP contribution in [0.25, 0.3) is 10.6 Å². The van der Waals surface area contributed by atoms with E-state index in [1.54, 1.807) is 12.1 Å². The molecule has 0 aliphatic carbocycles. The number of benzene rings is 1. The number of nitrogens with one attached hydrogen (secondary N) is 1. The molecule has 1 aromatic carbocycles. The van der Waals surface area contributed by atoms with Crippen molar-refractivity contribution in [1.29, 1.82) is 0 Å². The Hall–Kier alpha value is -1.46. The molecular weight excluding hydrogens is 263 g/mol. The summed E-state index contributed by atoms with van der Waals surface area (Å²) in [5.74, 6) is 0.203. The summed E-state index contributed by atoms with van der Waals surface area (Å²) in [5.41, 5.74) is 1.36. The molecule has 3 nitrogen and oxygen atoms in total. The van der Waals surface area contributed by atoms with Crippen molar-refractivity contribution >= 4 is 11.3 Å². The van der Waals surface area contributed by atoms with E-state index in [9.17, 15) is 4.39 Å². The van der Waals surface area contributed by atoms with Crippen molar-refractivity contribution in [3.63, 3.8) is 0 Å². The lowest BCUT2D eigenvalue weighted by Gasteiger charge is -2.07. The van der Waals surface area contributed by atoms with Crippen LogP contribution < -0.4 is 10.1 Å². The highest BCUT2D eigenvalue weighted by Gasteiger charge is 2.19. The molecule has 1 N–H and O–H groups in total. The largest absolute Gasteiger partial charge is 0.496 e. The summed E-state index contributed by atoms with van der Waals surface area (Å²) < 4.78 is 19.2. The number of thiazole rings is 1. The van der Waals surface area contributed by atoms with Crippen molar-refractivity contribution in [2.24, 2.45) is 0 Å². The Kier molecular flexibility index (Phi) is 4.17. The lowest BCUT2D eigenvalue weighted by molar-refractivity contribution is 0.413. The summed E-state index contributed by atoms with van der Waals surface area (Å²) in [6.07, 6.45) is 0. The molecule has 0 spiro atoms. The first-order valence-corrected chi connectivity index (χ1v) is 6.87. The number of halogens is 1. The predicted octanol–water partition coefficient (Wildman–Crippen LogP) is 3.55. The van der Waals surface area contributed by atoms with Crippen LogP contribution in [0.2, 0.25) is 0 Å². The molecule has 0 saturated heterocycles. The minimum Gasteiger partial charge on any atom is -0.496 e. The van der Waals surface area contributed by atoms with Crippen molar-refractivity contribution in [1.82, 2.24) is 10.3 Å². The van der Waals surface area contributed by atoms with Gasteiger partial charge >= 0.3 is 0 Å². The molecule has 0 saturated carbocycles. The Bertz CT molecular complexity index is 583. The lowest BCUT2D eigenvalue weighted by Crippen LogP contribution is -2.11. The maximum absolute atomic E-state index is 14.0. The van der Waals surface area contributed by atoms with Crippen LogP contribution in [0.1, 0.15) is 23.5 Å². The van der Waals surface area contributed by atoms with Gasteiger partial charge in [-0.15, -0.1) is 11.3 Å². The predicted molar refractivity (Wildman–Crippen MR) is 76.3 cm³/mol.